The highest BCUT2D eigenvalue weighted by molar-refractivity contribution is 6.32. The largest absolute Gasteiger partial charge is 0.507 e. The smallest absolute Gasteiger partial charge is 0.259 e. The lowest BCUT2D eigenvalue weighted by atomic mass is 9.82. The molecule has 2 amide bonds. The molecule has 7 heteroatoms. The summed E-state index contributed by atoms with van der Waals surface area (Å²) in [4.78, 5) is 52.4. The van der Waals surface area contributed by atoms with E-state index in [4.69, 9.17) is 0 Å². The van der Waals surface area contributed by atoms with E-state index in [0.717, 1.165) is 0 Å². The van der Waals surface area contributed by atoms with E-state index in [2.05, 4.69) is 10.6 Å². The first-order valence-corrected chi connectivity index (χ1v) is 10.8. The van der Waals surface area contributed by atoms with Gasteiger partial charge < -0.3 is 15.7 Å². The van der Waals surface area contributed by atoms with Crippen LogP contribution in [0.25, 0.3) is 0 Å². The lowest BCUT2D eigenvalue weighted by molar-refractivity contribution is 0.0977. The fraction of sp³-hybridized carbons (Fsp3) is 0. The number of carbonyl (C=O) groups is 4. The number of rotatable bonds is 4. The lowest BCUT2D eigenvalue weighted by Gasteiger charge is -2.22. The summed E-state index contributed by atoms with van der Waals surface area (Å²) in [6.45, 7) is 0. The van der Waals surface area contributed by atoms with E-state index in [1.807, 2.05) is 0 Å². The standard InChI is InChI=1S/C28H18N2O5/c31-22-15-5-4-10-17(22)28(35)30-21-14-7-12-19-24(21)26(33)18-11-6-13-20(23(18)25(19)32)29-27(34)16-8-2-1-3-9-16/h1-15,31H,(H,29,34)(H,30,35). The van der Waals surface area contributed by atoms with Crippen molar-refractivity contribution in [2.24, 2.45) is 0 Å². The number of para-hydroxylation sites is 1. The van der Waals surface area contributed by atoms with Crippen LogP contribution in [0.2, 0.25) is 0 Å². The third-order valence-corrected chi connectivity index (χ3v) is 5.75. The number of amides is 2. The maximum atomic E-state index is 13.5. The van der Waals surface area contributed by atoms with Crippen molar-refractivity contribution in [3.05, 3.63) is 124 Å². The number of nitrogens with one attached hydrogen (secondary N) is 2. The van der Waals surface area contributed by atoms with E-state index in [0.29, 0.717) is 5.56 Å². The monoisotopic (exact) mass is 462 g/mol. The van der Waals surface area contributed by atoms with E-state index in [9.17, 15) is 24.3 Å². The number of hydrogen-bond acceptors (Lipinski definition) is 5. The van der Waals surface area contributed by atoms with E-state index in [-0.39, 0.29) is 44.9 Å². The second kappa shape index (κ2) is 8.72. The minimum absolute atomic E-state index is 0.0333. The van der Waals surface area contributed by atoms with Gasteiger partial charge in [0.25, 0.3) is 11.8 Å². The van der Waals surface area contributed by atoms with Crippen molar-refractivity contribution in [1.82, 2.24) is 0 Å². The van der Waals surface area contributed by atoms with E-state index >= 15 is 0 Å². The topological polar surface area (TPSA) is 113 Å². The molecule has 4 aromatic rings. The lowest BCUT2D eigenvalue weighted by Crippen LogP contribution is -2.26. The molecule has 0 spiro atoms. The van der Waals surface area contributed by atoms with Gasteiger partial charge in [-0.15, -0.1) is 0 Å². The molecule has 0 saturated carbocycles. The van der Waals surface area contributed by atoms with Crippen LogP contribution < -0.4 is 10.6 Å². The van der Waals surface area contributed by atoms with Crippen LogP contribution in [0.5, 0.6) is 5.75 Å². The first kappa shape index (κ1) is 21.8. The Labute approximate surface area is 200 Å². The zero-order chi connectivity index (χ0) is 24.5. The van der Waals surface area contributed by atoms with Crippen LogP contribution in [0.1, 0.15) is 52.6 Å². The molecule has 0 saturated heterocycles. The van der Waals surface area contributed by atoms with Crippen LogP contribution >= 0.6 is 0 Å². The molecule has 170 valence electrons. The average Bonchev–Trinajstić information content (AvgIpc) is 2.88. The third kappa shape index (κ3) is 3.85. The van der Waals surface area contributed by atoms with Crippen LogP contribution in [0, 0.1) is 0 Å². The van der Waals surface area contributed by atoms with Crippen molar-refractivity contribution >= 4 is 34.8 Å². The number of benzene rings is 4. The Hall–Kier alpha value is -5.04. The van der Waals surface area contributed by atoms with Gasteiger partial charge in [-0.25, -0.2) is 0 Å². The summed E-state index contributed by atoms with van der Waals surface area (Å²) in [7, 11) is 0. The van der Waals surface area contributed by atoms with Gasteiger partial charge in [-0.2, -0.15) is 0 Å². The maximum Gasteiger partial charge on any atom is 0.259 e. The number of fused-ring (bicyclic) bond motifs is 2. The molecule has 0 atom stereocenters. The van der Waals surface area contributed by atoms with Crippen molar-refractivity contribution in [3.63, 3.8) is 0 Å². The van der Waals surface area contributed by atoms with Gasteiger partial charge in [0, 0.05) is 16.7 Å². The normalized spacial score (nSPS) is 11.9. The summed E-state index contributed by atoms with van der Waals surface area (Å²) in [5.74, 6) is -2.14. The summed E-state index contributed by atoms with van der Waals surface area (Å²) in [5, 5.41) is 15.4. The predicted octanol–water partition coefficient (Wildman–Crippen LogP) is 4.67. The van der Waals surface area contributed by atoms with Crippen LogP contribution in [0.4, 0.5) is 11.4 Å². The molecule has 1 aliphatic carbocycles. The number of ketones is 2. The maximum absolute atomic E-state index is 13.5. The molecule has 0 aromatic heterocycles. The van der Waals surface area contributed by atoms with Gasteiger partial charge in [0.15, 0.2) is 11.6 Å². The number of aromatic hydroxyl groups is 1. The molecule has 0 aliphatic heterocycles. The second-order valence-corrected chi connectivity index (χ2v) is 7.91. The average molecular weight is 462 g/mol. The van der Waals surface area contributed by atoms with Crippen LogP contribution in [0.15, 0.2) is 91.0 Å². The highest BCUT2D eigenvalue weighted by Crippen LogP contribution is 2.36. The first-order chi connectivity index (χ1) is 17.0. The summed E-state index contributed by atoms with van der Waals surface area (Å²) in [6, 6.07) is 23.8. The van der Waals surface area contributed by atoms with Crippen molar-refractivity contribution in [1.29, 1.82) is 0 Å². The van der Waals surface area contributed by atoms with E-state index in [1.165, 1.54) is 30.3 Å². The molecule has 35 heavy (non-hydrogen) atoms. The van der Waals surface area contributed by atoms with Crippen LogP contribution in [-0.2, 0) is 0 Å². The Morgan fingerprint density at radius 1 is 0.571 bits per heavy atom. The Balaban J connectivity index is 1.52. The fourth-order valence-electron chi connectivity index (χ4n) is 4.09. The van der Waals surface area contributed by atoms with Gasteiger partial charge in [-0.05, 0) is 36.4 Å². The molecule has 7 nitrogen and oxygen atoms in total. The van der Waals surface area contributed by atoms with Gasteiger partial charge in [0.05, 0.1) is 28.1 Å². The second-order valence-electron chi connectivity index (χ2n) is 7.91. The van der Waals surface area contributed by atoms with Crippen molar-refractivity contribution in [2.45, 2.75) is 0 Å². The number of carbonyl (C=O) groups excluding carboxylic acids is 4. The highest BCUT2D eigenvalue weighted by Gasteiger charge is 2.34. The zero-order valence-corrected chi connectivity index (χ0v) is 18.2. The number of anilines is 2. The van der Waals surface area contributed by atoms with Crippen molar-refractivity contribution in [2.75, 3.05) is 10.6 Å². The van der Waals surface area contributed by atoms with Gasteiger partial charge in [0.2, 0.25) is 0 Å². The molecule has 0 radical (unpaired) electrons. The van der Waals surface area contributed by atoms with Gasteiger partial charge in [-0.3, -0.25) is 19.2 Å². The number of phenolic OH excluding ortho intramolecular Hbond substituents is 1. The predicted molar refractivity (Wildman–Crippen MR) is 130 cm³/mol. The van der Waals surface area contributed by atoms with Crippen molar-refractivity contribution in [3.8, 4) is 5.75 Å². The van der Waals surface area contributed by atoms with Gasteiger partial charge in [0.1, 0.15) is 5.75 Å². The summed E-state index contributed by atoms with van der Waals surface area (Å²) in [6.07, 6.45) is 0. The molecule has 0 heterocycles. The molecule has 1 aliphatic rings. The molecule has 0 bridgehead atoms. The van der Waals surface area contributed by atoms with Crippen molar-refractivity contribution < 1.29 is 24.3 Å². The Kier molecular flexibility index (Phi) is 5.43. The Morgan fingerprint density at radius 3 is 1.66 bits per heavy atom. The quantitative estimate of drug-likeness (QED) is 0.359. The Bertz CT molecular complexity index is 1530. The number of hydrogen-bond donors (Lipinski definition) is 3. The first-order valence-electron chi connectivity index (χ1n) is 10.8. The summed E-state index contributed by atoms with van der Waals surface area (Å²) in [5.41, 5.74) is 1.21. The van der Waals surface area contributed by atoms with E-state index < -0.39 is 23.4 Å². The third-order valence-electron chi connectivity index (χ3n) is 5.75. The highest BCUT2D eigenvalue weighted by atomic mass is 16.3. The molecule has 0 fully saturated rings. The molecular formula is C28H18N2O5. The van der Waals surface area contributed by atoms with Gasteiger partial charge in [-0.1, -0.05) is 54.6 Å². The minimum Gasteiger partial charge on any atom is -0.507 e. The minimum atomic E-state index is -0.619. The van der Waals surface area contributed by atoms with Gasteiger partial charge >= 0.3 is 0 Å². The molecule has 4 aromatic carbocycles. The SMILES string of the molecule is O=C(Nc1cccc2c1C(=O)c1cccc(NC(=O)c3ccccc3O)c1C2=O)c1ccccc1. The Morgan fingerprint density at radius 2 is 1.09 bits per heavy atom. The molecular weight excluding hydrogens is 444 g/mol. The van der Waals surface area contributed by atoms with Crippen LogP contribution in [0.3, 0.4) is 0 Å². The molecule has 3 N–H and O–H groups in total. The number of phenols is 1. The zero-order valence-electron chi connectivity index (χ0n) is 18.2. The van der Waals surface area contributed by atoms with E-state index in [1.54, 1.807) is 60.7 Å². The molecule has 5 rings (SSSR count). The summed E-state index contributed by atoms with van der Waals surface area (Å²) < 4.78 is 0. The molecule has 0 unspecified atom stereocenters. The fourth-order valence-corrected chi connectivity index (χ4v) is 4.09. The summed E-state index contributed by atoms with van der Waals surface area (Å²) >= 11 is 0. The van der Waals surface area contributed by atoms with Crippen LogP contribution in [-0.4, -0.2) is 28.5 Å².